The predicted octanol–water partition coefficient (Wildman–Crippen LogP) is 6.01. The van der Waals surface area contributed by atoms with Crippen molar-refractivity contribution in [2.45, 2.75) is 41.5 Å². The molecule has 1 nitrogen and oxygen atoms in total. The Bertz CT molecular complexity index is 1490. The average Bonchev–Trinajstić information content (AvgIpc) is 2.88. The maximum absolute atomic E-state index is 13.6. The van der Waals surface area contributed by atoms with Crippen molar-refractivity contribution in [3.05, 3.63) is 94.6 Å². The summed E-state index contributed by atoms with van der Waals surface area (Å²) in [5.74, 6) is 0.169. The van der Waals surface area contributed by atoms with Crippen molar-refractivity contribution in [3.63, 3.8) is 0 Å². The summed E-state index contributed by atoms with van der Waals surface area (Å²) < 4.78 is 0. The molecule has 0 aromatic heterocycles. The van der Waals surface area contributed by atoms with E-state index < -0.39 is 0 Å². The van der Waals surface area contributed by atoms with Gasteiger partial charge in [0.05, 0.1) is 0 Å². The molecule has 7 rings (SSSR count). The average molecular weight is 428 g/mol. The number of rotatable bonds is 0. The summed E-state index contributed by atoms with van der Waals surface area (Å²) in [4.78, 5) is 13.6. The number of hydrogen-bond donors (Lipinski definition) is 0. The summed E-state index contributed by atoms with van der Waals surface area (Å²) in [5, 5.41) is 2.48. The van der Waals surface area contributed by atoms with E-state index in [0.717, 1.165) is 11.1 Å². The van der Waals surface area contributed by atoms with Crippen LogP contribution in [0.4, 0.5) is 0 Å². The molecule has 3 heterocycles. The lowest BCUT2D eigenvalue weighted by atomic mass is 9.27. The zero-order valence-electron chi connectivity index (χ0n) is 20.3. The molecule has 0 atom stereocenters. The van der Waals surface area contributed by atoms with Gasteiger partial charge in [-0.2, -0.15) is 0 Å². The van der Waals surface area contributed by atoms with Crippen molar-refractivity contribution < 1.29 is 4.79 Å². The Morgan fingerprint density at radius 3 is 2.06 bits per heavy atom. The van der Waals surface area contributed by atoms with Gasteiger partial charge in [-0.25, -0.2) is 0 Å². The molecule has 4 aromatic carbocycles. The van der Waals surface area contributed by atoms with E-state index in [1.807, 2.05) is 39.8 Å². The Kier molecular flexibility index (Phi) is 5.13. The van der Waals surface area contributed by atoms with E-state index in [1.54, 1.807) is 0 Å². The van der Waals surface area contributed by atoms with Crippen LogP contribution in [0.3, 0.4) is 0 Å². The highest BCUT2D eigenvalue weighted by Crippen LogP contribution is 2.40. The molecule has 3 aliphatic rings. The van der Waals surface area contributed by atoms with E-state index in [1.165, 1.54) is 60.6 Å². The van der Waals surface area contributed by atoms with Crippen molar-refractivity contribution in [1.82, 2.24) is 0 Å². The minimum Gasteiger partial charge on any atom is -0.289 e. The molecule has 0 radical (unpaired) electrons. The number of aryl methyl sites for hydroxylation is 1. The van der Waals surface area contributed by atoms with Gasteiger partial charge in [0.2, 0.25) is 6.71 Å². The highest BCUT2D eigenvalue weighted by Gasteiger charge is 2.46. The Morgan fingerprint density at radius 2 is 1.30 bits per heavy atom. The molecule has 4 aromatic rings. The summed E-state index contributed by atoms with van der Waals surface area (Å²) in [6.45, 7) is 12.4. The Morgan fingerprint density at radius 1 is 0.667 bits per heavy atom. The molecule has 33 heavy (non-hydrogen) atoms. The van der Waals surface area contributed by atoms with Crippen LogP contribution >= 0.6 is 0 Å². The maximum atomic E-state index is 13.6. The third-order valence-corrected chi connectivity index (χ3v) is 7.14. The summed E-state index contributed by atoms with van der Waals surface area (Å²) in [6.07, 6.45) is 2.22. The van der Waals surface area contributed by atoms with Crippen LogP contribution in [-0.4, -0.2) is 12.5 Å². The van der Waals surface area contributed by atoms with E-state index in [2.05, 4.69) is 68.5 Å². The molecule has 0 N–H and O–H groups in total. The first-order valence-electron chi connectivity index (χ1n) is 12.2. The first-order valence-corrected chi connectivity index (χ1v) is 12.2. The lowest BCUT2D eigenvalue weighted by Crippen LogP contribution is -2.64. The molecule has 0 aliphatic carbocycles. The predicted molar refractivity (Wildman–Crippen MR) is 144 cm³/mol. The molecule has 2 heteroatoms. The molecule has 0 amide bonds. The minimum atomic E-state index is 0.140. The fraction of sp³-hybridized carbons (Fsp3) is 0.194. The Labute approximate surface area is 197 Å². The van der Waals surface area contributed by atoms with E-state index >= 15 is 0 Å². The highest BCUT2D eigenvalue weighted by molar-refractivity contribution is 7.02. The Hall–Kier alpha value is -3.39. The number of benzene rings is 4. The topological polar surface area (TPSA) is 17.1 Å². The van der Waals surface area contributed by atoms with E-state index in [-0.39, 0.29) is 12.5 Å². The van der Waals surface area contributed by atoms with E-state index in [0.29, 0.717) is 0 Å². The second-order valence-corrected chi connectivity index (χ2v) is 8.38. The van der Waals surface area contributed by atoms with E-state index in [9.17, 15) is 4.79 Å². The second kappa shape index (κ2) is 7.88. The summed E-state index contributed by atoms with van der Waals surface area (Å²) in [6, 6.07) is 21.5. The van der Waals surface area contributed by atoms with Gasteiger partial charge in [-0.1, -0.05) is 99.9 Å². The fourth-order valence-electron chi connectivity index (χ4n) is 6.07. The van der Waals surface area contributed by atoms with Crippen molar-refractivity contribution in [2.75, 3.05) is 0 Å². The number of allylic oxidation sites excluding steroid dienone is 1. The molecule has 0 fully saturated rings. The zero-order valence-corrected chi connectivity index (χ0v) is 20.3. The third-order valence-electron chi connectivity index (χ3n) is 7.14. The molecule has 3 aliphatic heterocycles. The quantitative estimate of drug-likeness (QED) is 0.271. The van der Waals surface area contributed by atoms with Crippen LogP contribution in [0.2, 0.25) is 0 Å². The summed E-state index contributed by atoms with van der Waals surface area (Å²) in [5.41, 5.74) is 13.2. The monoisotopic (exact) mass is 428 g/mol. The maximum Gasteiger partial charge on any atom is 0.246 e. The van der Waals surface area contributed by atoms with Crippen molar-refractivity contribution in [3.8, 4) is 11.1 Å². The lowest BCUT2D eigenvalue weighted by molar-refractivity contribution is 0.104. The fourth-order valence-corrected chi connectivity index (χ4v) is 6.07. The van der Waals surface area contributed by atoms with Gasteiger partial charge in [-0.3, -0.25) is 4.79 Å². The largest absolute Gasteiger partial charge is 0.289 e. The minimum absolute atomic E-state index is 0.140. The van der Waals surface area contributed by atoms with Gasteiger partial charge >= 0.3 is 0 Å². The van der Waals surface area contributed by atoms with Gasteiger partial charge in [0.15, 0.2) is 5.78 Å². The Balaban J connectivity index is 0.000000544. The van der Waals surface area contributed by atoms with Crippen LogP contribution in [-0.2, 0) is 0 Å². The number of hydrogen-bond acceptors (Lipinski definition) is 1. The molecule has 0 spiro atoms. The van der Waals surface area contributed by atoms with Crippen LogP contribution in [0.25, 0.3) is 27.5 Å². The smallest absolute Gasteiger partial charge is 0.246 e. The van der Waals surface area contributed by atoms with Gasteiger partial charge in [-0.15, -0.1) is 0 Å². The van der Waals surface area contributed by atoms with Crippen LogP contribution in [0.15, 0.2) is 66.7 Å². The highest BCUT2D eigenvalue weighted by atomic mass is 16.1. The molecule has 0 bridgehead atoms. The molecular formula is C31H29BO. The molecule has 0 saturated heterocycles. The normalized spacial score (nSPS) is 14.4. The number of ketones is 1. The molecular weight excluding hydrogens is 399 g/mol. The first kappa shape index (κ1) is 21.5. The standard InChI is InChI=1S/C27H17BO.2C2H6/c1-3-16-18-8-5-9-19-17-7-4-6-15-11-13-21-26(23(15)17)28(24(18)19)25-20(27(21)29)12-10-14(2)22(16)25;2*1-2/h3-13H,1-2H3;2*1-2H3/b16-3-;;. The third kappa shape index (κ3) is 2.58. The molecule has 0 unspecified atom stereocenters. The summed E-state index contributed by atoms with van der Waals surface area (Å²) in [7, 11) is 0. The van der Waals surface area contributed by atoms with Gasteiger partial charge in [0.25, 0.3) is 0 Å². The van der Waals surface area contributed by atoms with Crippen LogP contribution < -0.4 is 16.4 Å². The van der Waals surface area contributed by atoms with Crippen molar-refractivity contribution in [2.24, 2.45) is 0 Å². The number of carbonyl (C=O) groups is 1. The summed E-state index contributed by atoms with van der Waals surface area (Å²) >= 11 is 0. The first-order chi connectivity index (χ1) is 16.2. The van der Waals surface area contributed by atoms with Crippen LogP contribution in [0, 0.1) is 6.92 Å². The van der Waals surface area contributed by atoms with Gasteiger partial charge in [-0.05, 0) is 68.9 Å². The zero-order chi connectivity index (χ0) is 23.4. The van der Waals surface area contributed by atoms with E-state index in [4.69, 9.17) is 0 Å². The van der Waals surface area contributed by atoms with Crippen molar-refractivity contribution >= 4 is 45.2 Å². The number of fused-ring (bicyclic) bond motifs is 1. The van der Waals surface area contributed by atoms with Gasteiger partial charge in [0, 0.05) is 11.1 Å². The molecule has 162 valence electrons. The number of carbonyl (C=O) groups excluding carboxylic acids is 1. The van der Waals surface area contributed by atoms with Gasteiger partial charge in [0.1, 0.15) is 0 Å². The molecule has 0 saturated carbocycles. The second-order valence-electron chi connectivity index (χ2n) is 8.38. The van der Waals surface area contributed by atoms with Crippen LogP contribution in [0.5, 0.6) is 0 Å². The van der Waals surface area contributed by atoms with Crippen LogP contribution in [0.1, 0.15) is 67.2 Å². The van der Waals surface area contributed by atoms with Crippen molar-refractivity contribution in [1.29, 1.82) is 0 Å². The lowest BCUT2D eigenvalue weighted by Gasteiger charge is -2.39. The van der Waals surface area contributed by atoms with Gasteiger partial charge < -0.3 is 0 Å². The SMILES string of the molecule is C/C=C1/c2cccc3c2B2c4c(ccc(C)c41)C(=O)c1ccc4cccc-3c4c12.CC.CC.